The zero-order valence-corrected chi connectivity index (χ0v) is 22.0. The number of aliphatic imine (C=N–C) groups is 1. The Morgan fingerprint density at radius 3 is 2.62 bits per heavy atom. The molecule has 0 saturated heterocycles. The van der Waals surface area contributed by atoms with Gasteiger partial charge in [-0.2, -0.15) is 0 Å². The van der Waals surface area contributed by atoms with E-state index in [9.17, 15) is 14.7 Å². The van der Waals surface area contributed by atoms with Crippen molar-refractivity contribution in [3.8, 4) is 11.5 Å². The van der Waals surface area contributed by atoms with Crippen LogP contribution in [0.15, 0.2) is 28.8 Å². The largest absolute Gasteiger partial charge is 0.507 e. The molecule has 2 rings (SSSR count). The highest BCUT2D eigenvalue weighted by molar-refractivity contribution is 6.33. The Morgan fingerprint density at radius 1 is 1.32 bits per heavy atom. The molecule has 1 aromatic rings. The highest BCUT2D eigenvalue weighted by atomic mass is 35.5. The molecule has 1 fully saturated rings. The second-order valence-electron chi connectivity index (χ2n) is 9.24. The first-order valence-electron chi connectivity index (χ1n) is 11.5. The van der Waals surface area contributed by atoms with Gasteiger partial charge in [-0.05, 0) is 43.6 Å². The van der Waals surface area contributed by atoms with Crippen LogP contribution in [-0.2, 0) is 20.7 Å². The lowest BCUT2D eigenvalue weighted by atomic mass is 9.61. The van der Waals surface area contributed by atoms with Crippen LogP contribution >= 0.6 is 11.6 Å². The van der Waals surface area contributed by atoms with Crippen LogP contribution in [0, 0.1) is 24.2 Å². The number of ether oxygens (including phenoxy) is 2. The van der Waals surface area contributed by atoms with Gasteiger partial charge < -0.3 is 14.6 Å². The highest BCUT2D eigenvalue weighted by Crippen LogP contribution is 2.45. The summed E-state index contributed by atoms with van der Waals surface area (Å²) in [5, 5.41) is 11.4. The van der Waals surface area contributed by atoms with Gasteiger partial charge in [-0.3, -0.25) is 14.6 Å². The number of carbonyl (C=O) groups is 2. The maximum atomic E-state index is 12.3. The normalized spacial score (nSPS) is 23.6. The van der Waals surface area contributed by atoms with Gasteiger partial charge in [0.2, 0.25) is 0 Å². The number of benzene rings is 1. The zero-order chi connectivity index (χ0) is 25.6. The summed E-state index contributed by atoms with van der Waals surface area (Å²) in [7, 11) is 2.80. The molecule has 1 aliphatic carbocycles. The van der Waals surface area contributed by atoms with Crippen molar-refractivity contribution in [1.82, 2.24) is 0 Å². The Kier molecular flexibility index (Phi) is 9.51. The van der Waals surface area contributed by atoms with Crippen LogP contribution in [-0.4, -0.2) is 43.8 Å². The van der Waals surface area contributed by atoms with E-state index < -0.39 is 5.97 Å². The van der Waals surface area contributed by atoms with Crippen LogP contribution in [0.25, 0.3) is 0 Å². The van der Waals surface area contributed by atoms with E-state index in [1.165, 1.54) is 20.4 Å². The third kappa shape index (κ3) is 5.90. The number of hydrogen-bond donors (Lipinski definition) is 1. The van der Waals surface area contributed by atoms with Crippen molar-refractivity contribution in [3.05, 3.63) is 45.5 Å². The molecule has 34 heavy (non-hydrogen) atoms. The van der Waals surface area contributed by atoms with E-state index in [4.69, 9.17) is 16.3 Å². The topological polar surface area (TPSA) is 85.2 Å². The van der Waals surface area contributed by atoms with Gasteiger partial charge >= 0.3 is 5.97 Å². The lowest BCUT2D eigenvalue weighted by Crippen LogP contribution is -2.40. The number of aromatic hydroxyl groups is 1. The van der Waals surface area contributed by atoms with Crippen molar-refractivity contribution in [3.63, 3.8) is 0 Å². The van der Waals surface area contributed by atoms with E-state index in [0.29, 0.717) is 52.0 Å². The zero-order valence-electron chi connectivity index (χ0n) is 21.2. The van der Waals surface area contributed by atoms with E-state index in [-0.39, 0.29) is 23.6 Å². The maximum Gasteiger partial charge on any atom is 0.327 e. The number of halogens is 1. The molecule has 1 N–H and O–H groups in total. The van der Waals surface area contributed by atoms with Crippen molar-refractivity contribution < 1.29 is 24.2 Å². The van der Waals surface area contributed by atoms with Crippen LogP contribution in [0.3, 0.4) is 0 Å². The van der Waals surface area contributed by atoms with Gasteiger partial charge in [-0.15, -0.1) is 0 Å². The second kappa shape index (κ2) is 11.7. The third-order valence-electron chi connectivity index (χ3n) is 7.26. The summed E-state index contributed by atoms with van der Waals surface area (Å²) in [6.45, 7) is 9.95. The quantitative estimate of drug-likeness (QED) is 0.290. The first-order valence-corrected chi connectivity index (χ1v) is 11.9. The summed E-state index contributed by atoms with van der Waals surface area (Å²) in [4.78, 5) is 27.7. The average Bonchev–Trinajstić information content (AvgIpc) is 2.82. The Morgan fingerprint density at radius 2 is 2.00 bits per heavy atom. The number of phenolic OH excluding ortho intramolecular Hbond substituents is 1. The molecule has 1 aromatic carbocycles. The summed E-state index contributed by atoms with van der Waals surface area (Å²) in [6.07, 6.45) is 9.54. The number of phenols is 1. The molecule has 1 aliphatic rings. The Bertz CT molecular complexity index is 1030. The lowest BCUT2D eigenvalue weighted by molar-refractivity contribution is -0.138. The third-order valence-corrected chi connectivity index (χ3v) is 7.71. The molecular weight excluding hydrogens is 454 g/mol. The molecule has 1 saturated carbocycles. The van der Waals surface area contributed by atoms with Crippen molar-refractivity contribution in [2.75, 3.05) is 20.8 Å². The molecule has 3 atom stereocenters. The number of ketones is 1. The molecule has 0 heterocycles. The Labute approximate surface area is 207 Å². The molecule has 0 aromatic heterocycles. The molecule has 186 valence electrons. The van der Waals surface area contributed by atoms with Gasteiger partial charge in [0.1, 0.15) is 23.8 Å². The first kappa shape index (κ1) is 27.6. The van der Waals surface area contributed by atoms with Crippen molar-refractivity contribution in [2.45, 2.75) is 53.9 Å². The number of carbonyl (C=O) groups excluding carboxylic acids is 2. The molecule has 0 spiro atoms. The van der Waals surface area contributed by atoms with Crippen LogP contribution < -0.4 is 4.74 Å². The van der Waals surface area contributed by atoms with E-state index in [1.807, 2.05) is 26.0 Å². The van der Waals surface area contributed by atoms with E-state index in [2.05, 4.69) is 29.7 Å². The number of methoxy groups -OCH3 is 2. The summed E-state index contributed by atoms with van der Waals surface area (Å²) in [5.41, 5.74) is 2.37. The standard InChI is InChI=1S/C27H36ClNO5/c1-16(12-13-27(5)17(2)9-11-22(30)19(27)4)8-10-20-25(32)21(14-29-15-23(31)33-6)18(3)24(28)26(20)34-7/h8,12-14,17,19,32H,9-11,15H2,1-7H3/b13-12+,16-8+,29-14?/t17-,19+,27+/m1/s1. The molecular formula is C27H36ClNO5. The van der Waals surface area contributed by atoms with Crippen LogP contribution in [0.1, 0.15) is 57.2 Å². The number of Topliss-reactive ketones (excluding diaryl/α,β-unsaturated/α-hetero) is 1. The fourth-order valence-electron chi connectivity index (χ4n) is 4.32. The average molecular weight is 490 g/mol. The van der Waals surface area contributed by atoms with Gasteiger partial charge in [0, 0.05) is 29.7 Å². The number of hydrogen-bond acceptors (Lipinski definition) is 6. The lowest BCUT2D eigenvalue weighted by Gasteiger charge is -2.42. The molecule has 0 aliphatic heterocycles. The Balaban J connectivity index is 2.35. The van der Waals surface area contributed by atoms with Gasteiger partial charge in [-0.25, -0.2) is 0 Å². The summed E-state index contributed by atoms with van der Waals surface area (Å²) < 4.78 is 10.1. The number of esters is 1. The Hall–Kier alpha value is -2.60. The molecule has 0 bridgehead atoms. The fraction of sp³-hybridized carbons (Fsp3) is 0.519. The SMILES string of the molecule is COC(=O)CN=Cc1c(C)c(Cl)c(OC)c(C/C=C(C)/C=C/[C@@]2(C)[C@H](C)CCC(=O)[C@@H]2C)c1O. The second-order valence-corrected chi connectivity index (χ2v) is 9.62. The van der Waals surface area contributed by atoms with E-state index in [1.54, 1.807) is 6.92 Å². The van der Waals surface area contributed by atoms with Crippen LogP contribution in [0.4, 0.5) is 0 Å². The minimum atomic E-state index is -0.476. The van der Waals surface area contributed by atoms with Gasteiger partial charge in [0.05, 0.1) is 19.2 Å². The minimum Gasteiger partial charge on any atom is -0.507 e. The number of allylic oxidation sites excluding steroid dienone is 4. The van der Waals surface area contributed by atoms with Gasteiger partial charge in [-0.1, -0.05) is 56.2 Å². The highest BCUT2D eigenvalue weighted by Gasteiger charge is 2.41. The smallest absolute Gasteiger partial charge is 0.327 e. The van der Waals surface area contributed by atoms with Gasteiger partial charge in [0.25, 0.3) is 0 Å². The minimum absolute atomic E-state index is 0.00692. The van der Waals surface area contributed by atoms with Crippen molar-refractivity contribution in [2.24, 2.45) is 22.2 Å². The monoisotopic (exact) mass is 489 g/mol. The predicted molar refractivity (Wildman–Crippen MR) is 136 cm³/mol. The molecule has 6 nitrogen and oxygen atoms in total. The molecule has 0 unspecified atom stereocenters. The van der Waals surface area contributed by atoms with Gasteiger partial charge in [0.15, 0.2) is 0 Å². The molecule has 0 amide bonds. The van der Waals surface area contributed by atoms with Crippen LogP contribution in [0.5, 0.6) is 11.5 Å². The summed E-state index contributed by atoms with van der Waals surface area (Å²) in [6, 6.07) is 0. The predicted octanol–water partition coefficient (Wildman–Crippen LogP) is 5.64. The summed E-state index contributed by atoms with van der Waals surface area (Å²) in [5.74, 6) is 0.644. The maximum absolute atomic E-state index is 12.3. The summed E-state index contributed by atoms with van der Waals surface area (Å²) >= 11 is 6.53. The molecule has 7 heteroatoms. The molecule has 0 radical (unpaired) electrons. The van der Waals surface area contributed by atoms with Crippen molar-refractivity contribution in [1.29, 1.82) is 0 Å². The number of nitrogens with zero attached hydrogens (tertiary/aromatic N) is 1. The van der Waals surface area contributed by atoms with E-state index >= 15 is 0 Å². The fourth-order valence-corrected chi connectivity index (χ4v) is 4.61. The van der Waals surface area contributed by atoms with Crippen LogP contribution in [0.2, 0.25) is 5.02 Å². The van der Waals surface area contributed by atoms with Crippen molar-refractivity contribution >= 4 is 29.6 Å². The number of rotatable bonds is 8. The van der Waals surface area contributed by atoms with E-state index in [0.717, 1.165) is 12.0 Å². The first-order chi connectivity index (χ1) is 16.0.